The molecule has 0 bridgehead atoms. The Bertz CT molecular complexity index is 838. The molecule has 1 aromatic carbocycles. The number of morpholine rings is 2. The fraction of sp³-hybridized carbons (Fsp3) is 0.522. The molecule has 0 unspecified atom stereocenters. The maximum Gasteiger partial charge on any atom is 0.229 e. The van der Waals surface area contributed by atoms with Crippen molar-refractivity contribution in [2.75, 3.05) is 85.8 Å². The Hall–Kier alpha value is -2.91. The first-order chi connectivity index (χ1) is 15.8. The van der Waals surface area contributed by atoms with Crippen molar-refractivity contribution >= 4 is 29.5 Å². The van der Waals surface area contributed by atoms with E-state index in [1.165, 1.54) is 5.69 Å². The first kappa shape index (κ1) is 22.3. The van der Waals surface area contributed by atoms with Crippen LogP contribution in [0.25, 0.3) is 0 Å². The Balaban J connectivity index is 1.49. The minimum absolute atomic E-state index is 0.680. The summed E-state index contributed by atoms with van der Waals surface area (Å²) in [6, 6.07) is 10.4. The third-order valence-corrected chi connectivity index (χ3v) is 5.74. The quantitative estimate of drug-likeness (QED) is 0.496. The molecule has 2 aliphatic heterocycles. The lowest BCUT2D eigenvalue weighted by Crippen LogP contribution is -2.39. The number of hydrazone groups is 1. The van der Waals surface area contributed by atoms with Gasteiger partial charge in [-0.25, -0.2) is 0 Å². The molecule has 0 amide bonds. The number of hydrogen-bond donors (Lipinski definition) is 1. The van der Waals surface area contributed by atoms with Gasteiger partial charge in [-0.2, -0.15) is 15.1 Å². The Morgan fingerprint density at radius 1 is 0.938 bits per heavy atom. The largest absolute Gasteiger partial charge is 0.378 e. The summed E-state index contributed by atoms with van der Waals surface area (Å²) < 4.78 is 11.0. The number of ether oxygens (including phenoxy) is 2. The Morgan fingerprint density at radius 3 is 2.19 bits per heavy atom. The van der Waals surface area contributed by atoms with Crippen LogP contribution in [-0.4, -0.2) is 81.9 Å². The molecule has 2 aromatic rings. The van der Waals surface area contributed by atoms with Gasteiger partial charge in [0.05, 0.1) is 32.6 Å². The molecular formula is C23H33N7O2. The number of benzene rings is 1. The maximum absolute atomic E-state index is 5.50. The fourth-order valence-electron chi connectivity index (χ4n) is 3.87. The minimum Gasteiger partial charge on any atom is -0.378 e. The second kappa shape index (κ2) is 11.1. The summed E-state index contributed by atoms with van der Waals surface area (Å²) in [6.07, 6.45) is 1.82. The van der Waals surface area contributed by atoms with Gasteiger partial charge in [0, 0.05) is 51.0 Å². The fourth-order valence-corrected chi connectivity index (χ4v) is 3.87. The van der Waals surface area contributed by atoms with Crippen molar-refractivity contribution in [3.8, 4) is 0 Å². The molecule has 1 N–H and O–H groups in total. The van der Waals surface area contributed by atoms with Crippen molar-refractivity contribution in [2.24, 2.45) is 5.10 Å². The molecule has 0 saturated carbocycles. The van der Waals surface area contributed by atoms with Gasteiger partial charge in [-0.05, 0) is 31.5 Å². The molecule has 3 heterocycles. The highest BCUT2D eigenvalue weighted by atomic mass is 16.5. The molecule has 2 aliphatic rings. The number of nitrogens with one attached hydrogen (secondary N) is 1. The Morgan fingerprint density at radius 2 is 1.56 bits per heavy atom. The number of nitrogens with zero attached hydrogens (tertiary/aromatic N) is 6. The van der Waals surface area contributed by atoms with E-state index in [0.29, 0.717) is 38.2 Å². The van der Waals surface area contributed by atoms with Crippen molar-refractivity contribution in [3.05, 3.63) is 35.9 Å². The highest BCUT2D eigenvalue weighted by Gasteiger charge is 2.19. The van der Waals surface area contributed by atoms with Crippen LogP contribution in [0.4, 0.5) is 23.3 Å². The molecule has 0 aliphatic carbocycles. The SMILES string of the molecule is CCN(CC)c1ccc(C=NNc2cc(N3CCOCC3)nc(N3CCOCC3)n2)cc1. The molecule has 0 atom stereocenters. The third-order valence-electron chi connectivity index (χ3n) is 5.74. The van der Waals surface area contributed by atoms with Crippen LogP contribution in [0.1, 0.15) is 19.4 Å². The normalized spacial score (nSPS) is 17.1. The van der Waals surface area contributed by atoms with Gasteiger partial charge < -0.3 is 24.2 Å². The van der Waals surface area contributed by atoms with Crippen molar-refractivity contribution in [1.29, 1.82) is 0 Å². The van der Waals surface area contributed by atoms with Crippen molar-refractivity contribution in [1.82, 2.24) is 9.97 Å². The average Bonchev–Trinajstić information content (AvgIpc) is 2.86. The number of anilines is 4. The van der Waals surface area contributed by atoms with E-state index in [0.717, 1.165) is 50.6 Å². The van der Waals surface area contributed by atoms with Crippen molar-refractivity contribution in [3.63, 3.8) is 0 Å². The topological polar surface area (TPSA) is 78.3 Å². The summed E-state index contributed by atoms with van der Waals surface area (Å²) >= 11 is 0. The highest BCUT2D eigenvalue weighted by molar-refractivity contribution is 5.81. The average molecular weight is 440 g/mol. The molecule has 4 rings (SSSR count). The predicted octanol–water partition coefficient (Wildman–Crippen LogP) is 2.44. The van der Waals surface area contributed by atoms with Crippen LogP contribution in [-0.2, 0) is 9.47 Å². The van der Waals surface area contributed by atoms with Gasteiger partial charge in [0.25, 0.3) is 0 Å². The molecule has 1 aromatic heterocycles. The summed E-state index contributed by atoms with van der Waals surface area (Å²) in [7, 11) is 0. The van der Waals surface area contributed by atoms with Gasteiger partial charge in [0.2, 0.25) is 5.95 Å². The van der Waals surface area contributed by atoms with Crippen molar-refractivity contribution in [2.45, 2.75) is 13.8 Å². The molecule has 32 heavy (non-hydrogen) atoms. The first-order valence-corrected chi connectivity index (χ1v) is 11.5. The molecule has 0 radical (unpaired) electrons. The van der Waals surface area contributed by atoms with Gasteiger partial charge in [0.1, 0.15) is 5.82 Å². The molecule has 2 fully saturated rings. The molecule has 0 spiro atoms. The van der Waals surface area contributed by atoms with E-state index >= 15 is 0 Å². The lowest BCUT2D eigenvalue weighted by atomic mass is 10.2. The van der Waals surface area contributed by atoms with E-state index in [9.17, 15) is 0 Å². The molecular weight excluding hydrogens is 406 g/mol. The van der Waals surface area contributed by atoms with Crippen LogP contribution in [0, 0.1) is 0 Å². The van der Waals surface area contributed by atoms with Crippen LogP contribution < -0.4 is 20.1 Å². The summed E-state index contributed by atoms with van der Waals surface area (Å²) in [5.41, 5.74) is 5.36. The molecule has 9 nitrogen and oxygen atoms in total. The van der Waals surface area contributed by atoms with Crippen LogP contribution in [0.2, 0.25) is 0 Å². The van der Waals surface area contributed by atoms with E-state index in [-0.39, 0.29) is 0 Å². The van der Waals surface area contributed by atoms with E-state index < -0.39 is 0 Å². The van der Waals surface area contributed by atoms with Gasteiger partial charge >= 0.3 is 0 Å². The number of hydrogen-bond acceptors (Lipinski definition) is 9. The standard InChI is InChI=1S/C23H33N7O2/c1-3-28(4-2)20-7-5-19(6-8-20)18-24-27-21-17-22(29-9-13-31-14-10-29)26-23(25-21)30-11-15-32-16-12-30/h5-8,17-18H,3-4,9-16H2,1-2H3,(H,25,26,27). The van der Waals surface area contributed by atoms with Crippen molar-refractivity contribution < 1.29 is 9.47 Å². The minimum atomic E-state index is 0.680. The third kappa shape index (κ3) is 5.66. The van der Waals surface area contributed by atoms with Gasteiger partial charge in [-0.1, -0.05) is 12.1 Å². The molecule has 172 valence electrons. The lowest BCUT2D eigenvalue weighted by molar-refractivity contribution is 0.121. The van der Waals surface area contributed by atoms with E-state index in [2.05, 4.69) is 63.3 Å². The first-order valence-electron chi connectivity index (χ1n) is 11.5. The number of rotatable bonds is 8. The summed E-state index contributed by atoms with van der Waals surface area (Å²) in [4.78, 5) is 16.2. The zero-order valence-corrected chi connectivity index (χ0v) is 19.0. The van der Waals surface area contributed by atoms with Crippen LogP contribution in [0.15, 0.2) is 35.4 Å². The van der Waals surface area contributed by atoms with Gasteiger partial charge in [0.15, 0.2) is 5.82 Å². The molecule has 9 heteroatoms. The number of aromatic nitrogens is 2. The zero-order valence-electron chi connectivity index (χ0n) is 19.0. The maximum atomic E-state index is 5.50. The molecule has 2 saturated heterocycles. The second-order valence-corrected chi connectivity index (χ2v) is 7.74. The monoisotopic (exact) mass is 439 g/mol. The second-order valence-electron chi connectivity index (χ2n) is 7.74. The smallest absolute Gasteiger partial charge is 0.229 e. The predicted molar refractivity (Wildman–Crippen MR) is 129 cm³/mol. The lowest BCUT2D eigenvalue weighted by Gasteiger charge is -2.31. The van der Waals surface area contributed by atoms with Gasteiger partial charge in [-0.3, -0.25) is 5.43 Å². The Labute approximate surface area is 190 Å². The van der Waals surface area contributed by atoms with Crippen LogP contribution in [0.3, 0.4) is 0 Å². The zero-order chi connectivity index (χ0) is 22.2. The van der Waals surface area contributed by atoms with Crippen LogP contribution >= 0.6 is 0 Å². The van der Waals surface area contributed by atoms with E-state index in [1.54, 1.807) is 0 Å². The van der Waals surface area contributed by atoms with E-state index in [1.807, 2.05) is 12.3 Å². The summed E-state index contributed by atoms with van der Waals surface area (Å²) in [6.45, 7) is 12.3. The highest BCUT2D eigenvalue weighted by Crippen LogP contribution is 2.22. The van der Waals surface area contributed by atoms with E-state index in [4.69, 9.17) is 19.4 Å². The van der Waals surface area contributed by atoms with Gasteiger partial charge in [-0.15, -0.1) is 0 Å². The van der Waals surface area contributed by atoms with Crippen LogP contribution in [0.5, 0.6) is 0 Å². The summed E-state index contributed by atoms with van der Waals surface area (Å²) in [5, 5.41) is 4.43. The summed E-state index contributed by atoms with van der Waals surface area (Å²) in [5.74, 6) is 2.28. The Kier molecular flexibility index (Phi) is 7.73.